The first-order chi connectivity index (χ1) is 14.0. The molecule has 0 aliphatic carbocycles. The number of carbonyl (C=O) groups excluding carboxylic acids is 2. The smallest absolute Gasteiger partial charge is 0.289 e. The summed E-state index contributed by atoms with van der Waals surface area (Å²) in [6, 6.07) is 13.0. The summed E-state index contributed by atoms with van der Waals surface area (Å²) in [6.45, 7) is 5.88. The predicted octanol–water partition coefficient (Wildman–Crippen LogP) is 3.84. The van der Waals surface area contributed by atoms with Crippen molar-refractivity contribution in [1.82, 2.24) is 15.2 Å². The van der Waals surface area contributed by atoms with Crippen LogP contribution in [-0.4, -0.2) is 41.3 Å². The number of pyridine rings is 1. The number of nitrogens with zero attached hydrogens (tertiary/aromatic N) is 2. The lowest BCUT2D eigenvalue weighted by atomic mass is 9.98. The lowest BCUT2D eigenvalue weighted by Gasteiger charge is -2.17. The SMILES string of the molecule is CC(C)CNC(=O)c1cccnc1[C@H]1CCN(C(=O)c2cc3ccccc3o2)C1. The van der Waals surface area contributed by atoms with Crippen LogP contribution in [0.5, 0.6) is 0 Å². The van der Waals surface area contributed by atoms with E-state index >= 15 is 0 Å². The monoisotopic (exact) mass is 391 g/mol. The minimum Gasteiger partial charge on any atom is -0.451 e. The summed E-state index contributed by atoms with van der Waals surface area (Å²) in [5.41, 5.74) is 2.06. The van der Waals surface area contributed by atoms with Crippen molar-refractivity contribution in [3.05, 3.63) is 65.7 Å². The molecule has 1 saturated heterocycles. The van der Waals surface area contributed by atoms with E-state index in [0.717, 1.165) is 17.5 Å². The fraction of sp³-hybridized carbons (Fsp3) is 0.348. The normalized spacial score (nSPS) is 16.5. The molecule has 0 bridgehead atoms. The fourth-order valence-electron chi connectivity index (χ4n) is 3.74. The molecule has 0 radical (unpaired) electrons. The Balaban J connectivity index is 1.50. The Morgan fingerprint density at radius 3 is 2.86 bits per heavy atom. The molecule has 2 amide bonds. The number of benzene rings is 1. The van der Waals surface area contributed by atoms with E-state index in [-0.39, 0.29) is 17.7 Å². The Labute approximate surface area is 169 Å². The van der Waals surface area contributed by atoms with Gasteiger partial charge in [-0.25, -0.2) is 0 Å². The molecule has 4 rings (SSSR count). The van der Waals surface area contributed by atoms with Crippen LogP contribution >= 0.6 is 0 Å². The second kappa shape index (κ2) is 8.07. The molecule has 1 aliphatic rings. The van der Waals surface area contributed by atoms with Gasteiger partial charge in [0, 0.05) is 37.1 Å². The number of rotatable bonds is 5. The van der Waals surface area contributed by atoms with Gasteiger partial charge in [0.1, 0.15) is 5.58 Å². The zero-order chi connectivity index (χ0) is 20.4. The number of hydrogen-bond acceptors (Lipinski definition) is 4. The van der Waals surface area contributed by atoms with Gasteiger partial charge in [0.15, 0.2) is 5.76 Å². The van der Waals surface area contributed by atoms with E-state index in [1.54, 1.807) is 23.2 Å². The molecule has 0 saturated carbocycles. The molecule has 3 aromatic rings. The van der Waals surface area contributed by atoms with Crippen molar-refractivity contribution < 1.29 is 14.0 Å². The minimum absolute atomic E-state index is 0.0318. The Kier molecular flexibility index (Phi) is 5.34. The number of likely N-dealkylation sites (tertiary alicyclic amines) is 1. The van der Waals surface area contributed by atoms with Crippen molar-refractivity contribution in [2.75, 3.05) is 19.6 Å². The molecular formula is C23H25N3O3. The zero-order valence-corrected chi connectivity index (χ0v) is 16.7. The van der Waals surface area contributed by atoms with E-state index in [1.165, 1.54) is 0 Å². The summed E-state index contributed by atoms with van der Waals surface area (Å²) in [7, 11) is 0. The van der Waals surface area contributed by atoms with Gasteiger partial charge in [-0.1, -0.05) is 32.0 Å². The maximum atomic E-state index is 12.9. The summed E-state index contributed by atoms with van der Waals surface area (Å²) in [6.07, 6.45) is 2.48. The lowest BCUT2D eigenvalue weighted by molar-refractivity contribution is 0.0761. The molecule has 1 atom stereocenters. The Bertz CT molecular complexity index is 1010. The van der Waals surface area contributed by atoms with Crippen LogP contribution in [0.1, 0.15) is 52.8 Å². The maximum absolute atomic E-state index is 12.9. The van der Waals surface area contributed by atoms with Gasteiger partial charge in [-0.05, 0) is 36.6 Å². The maximum Gasteiger partial charge on any atom is 0.289 e. The van der Waals surface area contributed by atoms with Crippen LogP contribution in [0.4, 0.5) is 0 Å². The number of hydrogen-bond donors (Lipinski definition) is 1. The first-order valence-electron chi connectivity index (χ1n) is 10.0. The van der Waals surface area contributed by atoms with Gasteiger partial charge in [0.05, 0.1) is 11.3 Å². The van der Waals surface area contributed by atoms with E-state index in [2.05, 4.69) is 24.1 Å². The van der Waals surface area contributed by atoms with Crippen LogP contribution in [0.2, 0.25) is 0 Å². The molecule has 0 spiro atoms. The number of nitrogens with one attached hydrogen (secondary N) is 1. The summed E-state index contributed by atoms with van der Waals surface area (Å²) >= 11 is 0. The predicted molar refractivity (Wildman–Crippen MR) is 111 cm³/mol. The molecule has 1 N–H and O–H groups in total. The Morgan fingerprint density at radius 1 is 1.24 bits per heavy atom. The fourth-order valence-corrected chi connectivity index (χ4v) is 3.74. The number of furan rings is 1. The summed E-state index contributed by atoms with van der Waals surface area (Å²) in [5.74, 6) is 0.531. The molecule has 29 heavy (non-hydrogen) atoms. The average molecular weight is 391 g/mol. The molecule has 1 aromatic carbocycles. The average Bonchev–Trinajstić information content (AvgIpc) is 3.38. The number of para-hydroxylation sites is 1. The third-order valence-electron chi connectivity index (χ3n) is 5.25. The van der Waals surface area contributed by atoms with Crippen LogP contribution in [0.25, 0.3) is 11.0 Å². The largest absolute Gasteiger partial charge is 0.451 e. The summed E-state index contributed by atoms with van der Waals surface area (Å²) < 4.78 is 5.73. The Hall–Kier alpha value is -3.15. The van der Waals surface area contributed by atoms with Gasteiger partial charge >= 0.3 is 0 Å². The number of amides is 2. The van der Waals surface area contributed by atoms with Crippen molar-refractivity contribution in [2.45, 2.75) is 26.2 Å². The second-order valence-electron chi connectivity index (χ2n) is 7.93. The van der Waals surface area contributed by atoms with Crippen molar-refractivity contribution in [3.63, 3.8) is 0 Å². The van der Waals surface area contributed by atoms with E-state index in [0.29, 0.717) is 42.5 Å². The number of carbonyl (C=O) groups is 2. The second-order valence-corrected chi connectivity index (χ2v) is 7.93. The third kappa shape index (κ3) is 4.01. The van der Waals surface area contributed by atoms with Crippen LogP contribution in [0.15, 0.2) is 53.1 Å². The first-order valence-corrected chi connectivity index (χ1v) is 10.0. The van der Waals surface area contributed by atoms with Crippen LogP contribution in [-0.2, 0) is 0 Å². The van der Waals surface area contributed by atoms with Gasteiger partial charge in [0.25, 0.3) is 11.8 Å². The van der Waals surface area contributed by atoms with Crippen LogP contribution in [0, 0.1) is 5.92 Å². The standard InChI is InChI=1S/C23H25N3O3/c1-15(2)13-25-22(27)18-7-5-10-24-21(18)17-9-11-26(14-17)23(28)20-12-16-6-3-4-8-19(16)29-20/h3-8,10,12,15,17H,9,11,13-14H2,1-2H3,(H,25,27)/t17-/m0/s1. The summed E-state index contributed by atoms with van der Waals surface area (Å²) in [5, 5.41) is 3.88. The van der Waals surface area contributed by atoms with Crippen molar-refractivity contribution in [1.29, 1.82) is 0 Å². The molecule has 150 valence electrons. The number of fused-ring (bicyclic) bond motifs is 1. The quantitative estimate of drug-likeness (QED) is 0.717. The van der Waals surface area contributed by atoms with Crippen molar-refractivity contribution >= 4 is 22.8 Å². The molecule has 2 aromatic heterocycles. The highest BCUT2D eigenvalue weighted by Gasteiger charge is 2.32. The van der Waals surface area contributed by atoms with Gasteiger partial charge in [0.2, 0.25) is 0 Å². The topological polar surface area (TPSA) is 75.4 Å². The van der Waals surface area contributed by atoms with Gasteiger partial charge < -0.3 is 14.6 Å². The molecule has 6 heteroatoms. The van der Waals surface area contributed by atoms with Gasteiger partial charge in [-0.2, -0.15) is 0 Å². The molecule has 6 nitrogen and oxygen atoms in total. The van der Waals surface area contributed by atoms with E-state index in [1.807, 2.05) is 30.3 Å². The first kappa shape index (κ1) is 19.2. The van der Waals surface area contributed by atoms with Gasteiger partial charge in [-0.15, -0.1) is 0 Å². The Morgan fingerprint density at radius 2 is 2.07 bits per heavy atom. The zero-order valence-electron chi connectivity index (χ0n) is 16.7. The highest BCUT2D eigenvalue weighted by Crippen LogP contribution is 2.30. The van der Waals surface area contributed by atoms with Crippen molar-refractivity contribution in [3.8, 4) is 0 Å². The van der Waals surface area contributed by atoms with E-state index < -0.39 is 0 Å². The lowest BCUT2D eigenvalue weighted by Crippen LogP contribution is -2.30. The highest BCUT2D eigenvalue weighted by atomic mass is 16.3. The molecule has 0 unspecified atom stereocenters. The van der Waals surface area contributed by atoms with Crippen LogP contribution < -0.4 is 5.32 Å². The molecule has 1 fully saturated rings. The summed E-state index contributed by atoms with van der Waals surface area (Å²) in [4.78, 5) is 31.8. The highest BCUT2D eigenvalue weighted by molar-refractivity contribution is 5.97. The molecule has 3 heterocycles. The van der Waals surface area contributed by atoms with Gasteiger partial charge in [-0.3, -0.25) is 14.6 Å². The van der Waals surface area contributed by atoms with E-state index in [9.17, 15) is 9.59 Å². The molecular weight excluding hydrogens is 366 g/mol. The minimum atomic E-state index is -0.120. The van der Waals surface area contributed by atoms with Crippen molar-refractivity contribution in [2.24, 2.45) is 5.92 Å². The van der Waals surface area contributed by atoms with Crippen LogP contribution in [0.3, 0.4) is 0 Å². The number of aromatic nitrogens is 1. The van der Waals surface area contributed by atoms with E-state index in [4.69, 9.17) is 4.42 Å². The third-order valence-corrected chi connectivity index (χ3v) is 5.25. The molecule has 1 aliphatic heterocycles.